The maximum absolute atomic E-state index is 13.3. The van der Waals surface area contributed by atoms with E-state index in [-0.39, 0.29) is 13.1 Å². The van der Waals surface area contributed by atoms with Crippen LogP contribution in [0.5, 0.6) is 11.5 Å². The Kier molecular flexibility index (Phi) is 9.75. The van der Waals surface area contributed by atoms with Gasteiger partial charge in [-0.15, -0.1) is 0 Å². The van der Waals surface area contributed by atoms with Crippen LogP contribution in [0.3, 0.4) is 0 Å². The van der Waals surface area contributed by atoms with Crippen molar-refractivity contribution in [3.63, 3.8) is 0 Å². The van der Waals surface area contributed by atoms with Gasteiger partial charge in [0.1, 0.15) is 22.7 Å². The molecule has 2 aromatic rings. The molecule has 2 N–H and O–H groups in total. The molecule has 0 aromatic heterocycles. The number of hydrogen-bond acceptors (Lipinski definition) is 8. The summed E-state index contributed by atoms with van der Waals surface area (Å²) in [5.41, 5.74) is -0.432. The maximum atomic E-state index is 13.3. The van der Waals surface area contributed by atoms with Crippen LogP contribution in [0.1, 0.15) is 47.1 Å². The number of rotatable bonds is 9. The van der Waals surface area contributed by atoms with Gasteiger partial charge in [-0.2, -0.15) is 0 Å². The maximum Gasteiger partial charge on any atom is 0.410 e. The van der Waals surface area contributed by atoms with Gasteiger partial charge in [0, 0.05) is 12.2 Å². The highest BCUT2D eigenvalue weighted by Gasteiger charge is 2.50. The number of nitrogens with zero attached hydrogens (tertiary/aromatic N) is 2. The van der Waals surface area contributed by atoms with Crippen molar-refractivity contribution in [3.05, 3.63) is 54.1 Å². The molecule has 41 heavy (non-hydrogen) atoms. The third-order valence-corrected chi connectivity index (χ3v) is 6.13. The van der Waals surface area contributed by atoms with Crippen LogP contribution >= 0.6 is 0 Å². The van der Waals surface area contributed by atoms with Crippen LogP contribution in [0.4, 0.5) is 15.3 Å². The van der Waals surface area contributed by atoms with Crippen LogP contribution in [-0.4, -0.2) is 78.3 Å². The number of anilines is 1. The number of aliphatic hydroxyl groups excluding tert-OH is 1. The third kappa shape index (κ3) is 8.50. The first-order chi connectivity index (χ1) is 19.1. The lowest BCUT2D eigenvalue weighted by Gasteiger charge is -2.34. The second-order valence-electron chi connectivity index (χ2n) is 11.8. The summed E-state index contributed by atoms with van der Waals surface area (Å²) in [6.07, 6.45) is -2.03. The molecule has 11 nitrogen and oxygen atoms in total. The lowest BCUT2D eigenvalue weighted by atomic mass is 10.0. The Morgan fingerprint density at radius 1 is 0.902 bits per heavy atom. The number of amides is 3. The topological polar surface area (TPSA) is 127 Å². The van der Waals surface area contributed by atoms with Crippen molar-refractivity contribution < 1.29 is 38.4 Å². The van der Waals surface area contributed by atoms with Crippen LogP contribution in [0, 0.1) is 0 Å². The lowest BCUT2D eigenvalue weighted by Crippen LogP contribution is -2.55. The van der Waals surface area contributed by atoms with Crippen molar-refractivity contribution in [2.75, 3.05) is 25.7 Å². The van der Waals surface area contributed by atoms with Gasteiger partial charge in [0.25, 0.3) is 0 Å². The minimum atomic E-state index is -1.38. The Morgan fingerprint density at radius 2 is 1.41 bits per heavy atom. The van der Waals surface area contributed by atoms with Gasteiger partial charge < -0.3 is 34.3 Å². The lowest BCUT2D eigenvalue weighted by molar-refractivity contribution is -0.158. The molecular formula is C30H41N3O8. The first-order valence-electron chi connectivity index (χ1n) is 13.4. The quantitative estimate of drug-likeness (QED) is 0.431. The molecule has 0 saturated carbocycles. The molecule has 0 aliphatic carbocycles. The van der Waals surface area contributed by atoms with Crippen LogP contribution < -0.4 is 19.7 Å². The molecule has 1 aliphatic heterocycles. The number of urea groups is 1. The molecule has 1 heterocycles. The molecule has 11 heteroatoms. The molecule has 3 rings (SSSR count). The number of methoxy groups -OCH3 is 2. The summed E-state index contributed by atoms with van der Waals surface area (Å²) in [5, 5.41) is 14.3. The molecule has 0 radical (unpaired) electrons. The Labute approximate surface area is 241 Å². The van der Waals surface area contributed by atoms with E-state index in [4.69, 9.17) is 18.9 Å². The average Bonchev–Trinajstić information content (AvgIpc) is 3.24. The summed E-state index contributed by atoms with van der Waals surface area (Å²) < 4.78 is 21.7. The Hall–Kier alpha value is -3.99. The van der Waals surface area contributed by atoms with Gasteiger partial charge in [-0.25, -0.2) is 14.4 Å². The minimum Gasteiger partial charge on any atom is -0.497 e. The van der Waals surface area contributed by atoms with E-state index in [0.29, 0.717) is 17.2 Å². The highest BCUT2D eigenvalue weighted by Crippen LogP contribution is 2.29. The van der Waals surface area contributed by atoms with Crippen molar-refractivity contribution >= 4 is 23.8 Å². The molecule has 0 unspecified atom stereocenters. The summed E-state index contributed by atoms with van der Waals surface area (Å²) in [6.45, 7) is 10.2. The molecule has 2 aromatic carbocycles. The van der Waals surface area contributed by atoms with E-state index < -0.39 is 47.5 Å². The van der Waals surface area contributed by atoms with Crippen LogP contribution in [0.2, 0.25) is 0 Å². The minimum absolute atomic E-state index is 0.101. The Balaban J connectivity index is 1.97. The van der Waals surface area contributed by atoms with E-state index in [1.807, 2.05) is 0 Å². The molecule has 3 amide bonds. The Bertz CT molecular complexity index is 1200. The number of hydrogen-bond donors (Lipinski definition) is 2. The van der Waals surface area contributed by atoms with E-state index in [0.717, 1.165) is 5.56 Å². The predicted octanol–water partition coefficient (Wildman–Crippen LogP) is 4.11. The van der Waals surface area contributed by atoms with E-state index in [9.17, 15) is 19.5 Å². The first-order valence-corrected chi connectivity index (χ1v) is 13.4. The van der Waals surface area contributed by atoms with Crippen LogP contribution in [0.25, 0.3) is 0 Å². The average molecular weight is 572 g/mol. The first kappa shape index (κ1) is 31.5. The zero-order valence-corrected chi connectivity index (χ0v) is 25.0. The van der Waals surface area contributed by atoms with Crippen molar-refractivity contribution in [3.8, 4) is 11.5 Å². The van der Waals surface area contributed by atoms with Crippen molar-refractivity contribution in [1.82, 2.24) is 10.2 Å². The molecule has 0 bridgehead atoms. The van der Waals surface area contributed by atoms with Gasteiger partial charge in [0.05, 0.1) is 32.9 Å². The van der Waals surface area contributed by atoms with Crippen molar-refractivity contribution in [2.24, 2.45) is 0 Å². The fourth-order valence-corrected chi connectivity index (χ4v) is 4.38. The molecule has 1 aliphatic rings. The molecule has 1 fully saturated rings. The monoisotopic (exact) mass is 571 g/mol. The number of esters is 1. The highest BCUT2D eigenvalue weighted by molar-refractivity contribution is 6.00. The summed E-state index contributed by atoms with van der Waals surface area (Å²) in [7, 11) is 3.09. The van der Waals surface area contributed by atoms with E-state index >= 15 is 0 Å². The predicted molar refractivity (Wildman–Crippen MR) is 153 cm³/mol. The van der Waals surface area contributed by atoms with Gasteiger partial charge >= 0.3 is 18.1 Å². The van der Waals surface area contributed by atoms with Gasteiger partial charge in [-0.05, 0) is 83.5 Å². The van der Waals surface area contributed by atoms with Crippen molar-refractivity contribution in [1.29, 1.82) is 0 Å². The smallest absolute Gasteiger partial charge is 0.410 e. The Morgan fingerprint density at radius 3 is 1.90 bits per heavy atom. The fraction of sp³-hybridized carbons (Fsp3) is 0.500. The largest absolute Gasteiger partial charge is 0.497 e. The van der Waals surface area contributed by atoms with Gasteiger partial charge in [-0.3, -0.25) is 4.90 Å². The van der Waals surface area contributed by atoms with Gasteiger partial charge in [-0.1, -0.05) is 12.1 Å². The highest BCUT2D eigenvalue weighted by atomic mass is 16.6. The molecule has 1 saturated heterocycles. The second-order valence-corrected chi connectivity index (χ2v) is 11.8. The summed E-state index contributed by atoms with van der Waals surface area (Å²) in [5.74, 6) is 0.526. The SMILES string of the molecule is COc1ccc(CN(C[C@@H](O)[C@@H]2[C@@H](C(=O)OC(C)(C)C)NC(=O)N2c2ccc(OC)cc2)C(=O)OC(C)(C)C)cc1. The molecule has 224 valence electrons. The van der Waals surface area contributed by atoms with E-state index in [2.05, 4.69) is 5.32 Å². The standard InChI is InChI=1S/C30H41N3O8/c1-29(2,3)40-26(35)24-25(33(27(36)31-24)20-11-15-22(39-8)16-12-20)23(34)18-32(28(37)41-30(4,5)6)17-19-9-13-21(38-7)14-10-19/h9-16,23-25,34H,17-18H2,1-8H3,(H,31,36)/t23-,24+,25-/m1/s1. The number of carbonyl (C=O) groups is 3. The zero-order valence-electron chi connectivity index (χ0n) is 25.0. The second kappa shape index (κ2) is 12.7. The van der Waals surface area contributed by atoms with Gasteiger partial charge in [0.2, 0.25) is 0 Å². The zero-order chi connectivity index (χ0) is 30.5. The van der Waals surface area contributed by atoms with Gasteiger partial charge in [0.15, 0.2) is 6.04 Å². The molecular weight excluding hydrogens is 530 g/mol. The third-order valence-electron chi connectivity index (χ3n) is 6.13. The molecule has 0 spiro atoms. The number of aliphatic hydroxyl groups is 1. The summed E-state index contributed by atoms with van der Waals surface area (Å²) in [6, 6.07) is 10.9. The van der Waals surface area contributed by atoms with E-state index in [1.165, 1.54) is 16.9 Å². The van der Waals surface area contributed by atoms with E-state index in [1.54, 1.807) is 97.2 Å². The van der Waals surface area contributed by atoms with Crippen LogP contribution in [0.15, 0.2) is 48.5 Å². The summed E-state index contributed by atoms with van der Waals surface area (Å²) in [4.78, 5) is 42.4. The number of carbonyl (C=O) groups excluding carboxylic acids is 3. The molecule has 3 atom stereocenters. The summed E-state index contributed by atoms with van der Waals surface area (Å²) >= 11 is 0. The fourth-order valence-electron chi connectivity index (χ4n) is 4.38. The number of ether oxygens (including phenoxy) is 4. The van der Waals surface area contributed by atoms with Crippen LogP contribution in [-0.2, 0) is 20.8 Å². The normalized spacial score (nSPS) is 17.9. The van der Waals surface area contributed by atoms with Crippen molar-refractivity contribution in [2.45, 2.75) is 77.5 Å². The number of nitrogens with one attached hydrogen (secondary N) is 1. The number of benzene rings is 2.